The summed E-state index contributed by atoms with van der Waals surface area (Å²) in [4.78, 5) is 67.6. The minimum Gasteiger partial charge on any atom is -0.790 e. The van der Waals surface area contributed by atoms with Crippen LogP contribution in [0.2, 0.25) is 0 Å². The molecule has 3 N–H and O–H groups in total. The molecule has 1 aliphatic rings. The number of aliphatic hydroxyl groups is 1. The summed E-state index contributed by atoms with van der Waals surface area (Å²) in [5.74, 6) is 0.0957. The number of ether oxygens (including phenoxy) is 1. The summed E-state index contributed by atoms with van der Waals surface area (Å²) < 4.78 is 51.5. The number of nitrogens with one attached hydrogen (secondary N) is 2. The number of H-pyrrole nitrogens is 1. The van der Waals surface area contributed by atoms with E-state index in [9.17, 15) is 43.2 Å². The molecule has 0 radical (unpaired) electrons. The maximum Gasteiger partial charge on any atom is 0.280 e. The number of aromatic nitrogens is 4. The molecular weight excluding hydrogens is 611 g/mol. The number of aliphatic hydroxyl groups excluding tert-OH is 1. The van der Waals surface area contributed by atoms with E-state index in [4.69, 9.17) is 4.74 Å². The van der Waals surface area contributed by atoms with Crippen LogP contribution in [0.3, 0.4) is 0 Å². The number of aryl methyl sites for hydroxylation is 1. The minimum absolute atomic E-state index is 0.0408. The molecule has 3 aromatic rings. The molecule has 0 amide bonds. The fourth-order valence-corrected chi connectivity index (χ4v) is 6.82. The normalized spacial score (nSPS) is 22.4. The molecule has 18 nitrogen and oxygen atoms in total. The molecule has 41 heavy (non-hydrogen) atoms. The molecule has 1 saturated heterocycles. The minimum atomic E-state index is -6.14. The highest BCUT2D eigenvalue weighted by Crippen LogP contribution is 2.60. The topological polar surface area (TPSA) is 276 Å². The molecule has 3 heterocycles. The molecule has 1 fully saturated rings. The zero-order chi connectivity index (χ0) is 30.0. The van der Waals surface area contributed by atoms with Gasteiger partial charge in [-0.05, 0) is 30.5 Å². The summed E-state index contributed by atoms with van der Waals surface area (Å²) in [6.07, 6.45) is 0.457. The molecule has 2 aromatic heterocycles. The van der Waals surface area contributed by atoms with Crippen LogP contribution in [0.15, 0.2) is 35.4 Å². The van der Waals surface area contributed by atoms with Gasteiger partial charge in [0.05, 0.1) is 26.9 Å². The third-order valence-corrected chi connectivity index (χ3v) is 9.44. The number of nitrogens with zero attached hydrogens (tertiary/aromatic N) is 3. The average molecular weight is 635 g/mol. The largest absolute Gasteiger partial charge is 0.790 e. The monoisotopic (exact) mass is 635 g/mol. The average Bonchev–Trinajstić information content (AvgIpc) is 3.43. The first-order chi connectivity index (χ1) is 19.1. The number of imidazole rings is 1. The number of anilines is 2. The van der Waals surface area contributed by atoms with E-state index < -0.39 is 54.1 Å². The van der Waals surface area contributed by atoms with Crippen molar-refractivity contribution in [3.8, 4) is 0 Å². The lowest BCUT2D eigenvalue weighted by Gasteiger charge is -2.37. The molecule has 0 spiro atoms. The maximum atomic E-state index is 12.6. The van der Waals surface area contributed by atoms with Crippen molar-refractivity contribution in [2.45, 2.75) is 51.0 Å². The second kappa shape index (κ2) is 12.5. The van der Waals surface area contributed by atoms with E-state index in [1.807, 2.05) is 24.3 Å². The second-order valence-electron chi connectivity index (χ2n) is 8.90. The highest BCUT2D eigenvalue weighted by Gasteiger charge is 2.37. The number of fused-ring (bicyclic) bond motifs is 1. The zero-order valence-corrected chi connectivity index (χ0v) is 23.9. The molecule has 5 unspecified atom stereocenters. The van der Waals surface area contributed by atoms with Crippen LogP contribution >= 0.6 is 23.5 Å². The molecule has 0 aliphatic carbocycles. The smallest absolute Gasteiger partial charge is 0.280 e. The van der Waals surface area contributed by atoms with Gasteiger partial charge in [-0.25, -0.2) is 9.29 Å². The van der Waals surface area contributed by atoms with Gasteiger partial charge in [0.15, 0.2) is 11.2 Å². The number of phosphoric acid groups is 3. The first-order valence-corrected chi connectivity index (χ1v) is 16.4. The predicted octanol–water partition coefficient (Wildman–Crippen LogP) is -0.330. The van der Waals surface area contributed by atoms with Crippen molar-refractivity contribution in [2.75, 3.05) is 11.9 Å². The third-order valence-electron chi connectivity index (χ3n) is 5.78. The Hall–Kier alpha value is -2.30. The Balaban J connectivity index is 1.44. The third kappa shape index (κ3) is 8.61. The van der Waals surface area contributed by atoms with Gasteiger partial charge in [0, 0.05) is 12.1 Å². The summed E-state index contributed by atoms with van der Waals surface area (Å²) in [6.45, 7) is 1.14. The standard InChI is InChI=1S/C20H28N5O13P3/c1-2-3-4-12-5-7-13(8-6-12)22-20-23-18-17(19(27)24-20)21-11-25(18)16-9-14(26)15(36-16)10-35-40(31,32)38-41(33,34)37-39(28,29)30/h5-8,11,14-16,26H,2-4,9-10H2,1H3,(H,31,32)(H,33,34)(H2,28,29,30)(H2,22,23,24,27)/p-4. The van der Waals surface area contributed by atoms with Gasteiger partial charge in [0.1, 0.15) is 12.3 Å². The van der Waals surface area contributed by atoms with Crippen molar-refractivity contribution in [3.63, 3.8) is 0 Å². The lowest BCUT2D eigenvalue weighted by molar-refractivity contribution is -0.339. The van der Waals surface area contributed by atoms with Crippen LogP contribution in [0.4, 0.5) is 11.6 Å². The summed E-state index contributed by atoms with van der Waals surface area (Å²) in [5, 5.41) is 13.4. The Bertz CT molecular complexity index is 1570. The molecule has 0 bridgehead atoms. The van der Waals surface area contributed by atoms with E-state index >= 15 is 0 Å². The van der Waals surface area contributed by atoms with E-state index in [1.54, 1.807) is 0 Å². The molecular formula is C20H24N5O13P3-4. The predicted molar refractivity (Wildman–Crippen MR) is 132 cm³/mol. The first-order valence-electron chi connectivity index (χ1n) is 12.0. The molecule has 226 valence electrons. The molecule has 5 atom stereocenters. The number of hydrogen-bond donors (Lipinski definition) is 3. The van der Waals surface area contributed by atoms with Gasteiger partial charge in [0.25, 0.3) is 21.2 Å². The SMILES string of the molecule is CCCCc1ccc(Nc2nc3c(ncn3C3CC(O)C(COP(=O)([O-])OP(=O)([O-])OP(=O)([O-])[O-])O3)c(=O)[nH]2)cc1. The van der Waals surface area contributed by atoms with Gasteiger partial charge in [-0.15, -0.1) is 0 Å². The van der Waals surface area contributed by atoms with Crippen molar-refractivity contribution in [1.29, 1.82) is 0 Å². The molecule has 1 aromatic carbocycles. The van der Waals surface area contributed by atoms with Crippen molar-refractivity contribution in [1.82, 2.24) is 19.5 Å². The van der Waals surface area contributed by atoms with Crippen molar-refractivity contribution < 1.29 is 56.3 Å². The Morgan fingerprint density at radius 1 is 1.15 bits per heavy atom. The van der Waals surface area contributed by atoms with Crippen LogP contribution < -0.4 is 30.4 Å². The van der Waals surface area contributed by atoms with Crippen LogP contribution in [0, 0.1) is 0 Å². The highest BCUT2D eigenvalue weighted by atomic mass is 31.3. The number of aromatic amines is 1. The Labute approximate surface area is 231 Å². The van der Waals surface area contributed by atoms with Crippen LogP contribution in [-0.2, 0) is 38.0 Å². The molecule has 21 heteroatoms. The summed E-state index contributed by atoms with van der Waals surface area (Å²) >= 11 is 0. The van der Waals surface area contributed by atoms with E-state index in [0.29, 0.717) is 5.69 Å². The van der Waals surface area contributed by atoms with E-state index in [-0.39, 0.29) is 23.5 Å². The van der Waals surface area contributed by atoms with E-state index in [0.717, 1.165) is 24.8 Å². The fourth-order valence-electron chi connectivity index (χ4n) is 3.95. The van der Waals surface area contributed by atoms with Crippen LogP contribution in [0.1, 0.15) is 38.0 Å². The Morgan fingerprint density at radius 2 is 1.85 bits per heavy atom. The summed E-state index contributed by atoms with van der Waals surface area (Å²) in [7, 11) is -18.1. The first kappa shape index (κ1) is 31.6. The van der Waals surface area contributed by atoms with Crippen LogP contribution in [0.5, 0.6) is 0 Å². The van der Waals surface area contributed by atoms with Gasteiger partial charge in [0.2, 0.25) is 5.95 Å². The summed E-state index contributed by atoms with van der Waals surface area (Å²) in [6, 6.07) is 7.58. The summed E-state index contributed by atoms with van der Waals surface area (Å²) in [5.41, 5.74) is 1.30. The van der Waals surface area contributed by atoms with Gasteiger partial charge in [-0.3, -0.25) is 27.8 Å². The number of phosphoric ester groups is 1. The van der Waals surface area contributed by atoms with Gasteiger partial charge in [-0.2, -0.15) is 4.98 Å². The second-order valence-corrected chi connectivity index (χ2v) is 13.1. The number of hydrogen-bond acceptors (Lipinski definition) is 16. The van der Waals surface area contributed by atoms with Crippen LogP contribution in [-0.4, -0.2) is 43.4 Å². The number of unbranched alkanes of at least 4 members (excludes halogenated alkanes) is 1. The Kier molecular flexibility index (Phi) is 9.65. The van der Waals surface area contributed by atoms with Crippen molar-refractivity contribution in [3.05, 3.63) is 46.5 Å². The van der Waals surface area contributed by atoms with Gasteiger partial charge < -0.3 is 43.8 Å². The van der Waals surface area contributed by atoms with Crippen molar-refractivity contribution >= 4 is 46.3 Å². The van der Waals surface area contributed by atoms with Crippen LogP contribution in [0.25, 0.3) is 11.2 Å². The lowest BCUT2D eigenvalue weighted by atomic mass is 10.1. The molecule has 0 saturated carbocycles. The Morgan fingerprint density at radius 3 is 2.51 bits per heavy atom. The van der Waals surface area contributed by atoms with E-state index in [2.05, 4.69) is 40.3 Å². The van der Waals surface area contributed by atoms with Gasteiger partial charge in [-0.1, -0.05) is 25.5 Å². The zero-order valence-electron chi connectivity index (χ0n) is 21.2. The lowest BCUT2D eigenvalue weighted by Crippen LogP contribution is -2.27. The fraction of sp³-hybridized carbons (Fsp3) is 0.450. The van der Waals surface area contributed by atoms with Crippen molar-refractivity contribution in [2.24, 2.45) is 0 Å². The quantitative estimate of drug-likeness (QED) is 0.203. The number of rotatable bonds is 13. The number of benzene rings is 1. The van der Waals surface area contributed by atoms with E-state index in [1.165, 1.54) is 10.9 Å². The maximum absolute atomic E-state index is 12.6. The highest BCUT2D eigenvalue weighted by molar-refractivity contribution is 7.64. The molecule has 1 aliphatic heterocycles. The molecule has 4 rings (SSSR count). The van der Waals surface area contributed by atoms with Gasteiger partial charge >= 0.3 is 0 Å².